The smallest absolute Gasteiger partial charge is 0.275 e. The molecule has 1 aromatic carbocycles. The van der Waals surface area contributed by atoms with E-state index in [-0.39, 0.29) is 41.1 Å². The Labute approximate surface area is 185 Å². The second-order valence-electron chi connectivity index (χ2n) is 8.35. The number of carbonyl (C=O) groups is 1. The topological polar surface area (TPSA) is 127 Å². The number of hydrogen-bond donors (Lipinski definition) is 4. The number of rotatable bonds is 4. The van der Waals surface area contributed by atoms with Crippen molar-refractivity contribution in [3.05, 3.63) is 47.4 Å². The number of carbonyl (C=O) groups excluding carboxylic acids is 1. The zero-order valence-corrected chi connectivity index (χ0v) is 17.3. The van der Waals surface area contributed by atoms with Crippen molar-refractivity contribution in [1.29, 1.82) is 0 Å². The Morgan fingerprint density at radius 2 is 2.03 bits per heavy atom. The second kappa shape index (κ2) is 8.27. The fourth-order valence-corrected chi connectivity index (χ4v) is 4.63. The Kier molecular flexibility index (Phi) is 5.41. The van der Waals surface area contributed by atoms with E-state index in [2.05, 4.69) is 25.5 Å². The molecule has 0 unspecified atom stereocenters. The predicted octanol–water partition coefficient (Wildman–Crippen LogP) is 1.85. The maximum absolute atomic E-state index is 14.4. The van der Waals surface area contributed by atoms with Crippen LogP contribution in [-0.4, -0.2) is 72.2 Å². The minimum absolute atomic E-state index is 0.110. The summed E-state index contributed by atoms with van der Waals surface area (Å²) in [6.45, 7) is -0.308. The van der Waals surface area contributed by atoms with Gasteiger partial charge in [0.05, 0.1) is 36.2 Å². The van der Waals surface area contributed by atoms with Crippen LogP contribution in [0.3, 0.4) is 0 Å². The summed E-state index contributed by atoms with van der Waals surface area (Å²) in [5.41, 5.74) is 0.00594. The Bertz CT molecular complexity index is 1210. The molecule has 1 aliphatic carbocycles. The van der Waals surface area contributed by atoms with Crippen LogP contribution >= 0.6 is 0 Å². The monoisotopic (exact) mass is 462 g/mol. The lowest BCUT2D eigenvalue weighted by Crippen LogP contribution is -2.35. The number of aromatic nitrogens is 4. The highest BCUT2D eigenvalue weighted by Crippen LogP contribution is 2.37. The number of alkyl halides is 1. The summed E-state index contributed by atoms with van der Waals surface area (Å²) in [7, 11) is 0. The highest BCUT2D eigenvalue weighted by Gasteiger charge is 2.40. The summed E-state index contributed by atoms with van der Waals surface area (Å²) < 4.78 is 42.6. The standard InChI is InChI=1S/C21H21F3N6O3/c22-9-6-13(10-2-1-3-11(23)16(10)24)30(7-9)21(33)17-15-19(25-8-26-20(15)29-28-17)27-12-4-5-14(31)18(12)32/h1-3,8-9,12-14,18,31-32H,4-7H2,(H2,25,26,27,28,29)/t9-,12+,13+,14+,18-/m0/s1. The van der Waals surface area contributed by atoms with Crippen molar-refractivity contribution in [2.24, 2.45) is 0 Å². The van der Waals surface area contributed by atoms with Gasteiger partial charge in [-0.05, 0) is 18.9 Å². The lowest BCUT2D eigenvalue weighted by molar-refractivity contribution is 0.0392. The molecule has 174 valence electrons. The van der Waals surface area contributed by atoms with Crippen LogP contribution < -0.4 is 5.32 Å². The number of H-pyrrole nitrogens is 1. The first-order valence-electron chi connectivity index (χ1n) is 10.6. The number of hydrogen-bond acceptors (Lipinski definition) is 7. The van der Waals surface area contributed by atoms with Crippen molar-refractivity contribution in [2.75, 3.05) is 11.9 Å². The summed E-state index contributed by atoms with van der Waals surface area (Å²) in [6, 6.07) is 2.07. The molecule has 2 aliphatic rings. The first-order valence-corrected chi connectivity index (χ1v) is 10.6. The number of benzene rings is 1. The first kappa shape index (κ1) is 21.6. The molecule has 33 heavy (non-hydrogen) atoms. The van der Waals surface area contributed by atoms with Crippen LogP contribution in [0.1, 0.15) is 41.4 Å². The van der Waals surface area contributed by atoms with Crippen molar-refractivity contribution < 1.29 is 28.2 Å². The minimum atomic E-state index is -1.42. The molecule has 2 fully saturated rings. The molecule has 0 bridgehead atoms. The molecule has 5 atom stereocenters. The van der Waals surface area contributed by atoms with Crippen molar-refractivity contribution in [2.45, 2.75) is 49.7 Å². The first-order chi connectivity index (χ1) is 15.8. The van der Waals surface area contributed by atoms with Crippen LogP contribution in [-0.2, 0) is 0 Å². The molecule has 1 saturated carbocycles. The van der Waals surface area contributed by atoms with Gasteiger partial charge < -0.3 is 20.4 Å². The Hall–Kier alpha value is -3.25. The fraction of sp³-hybridized carbons (Fsp3) is 0.429. The number of aliphatic hydroxyl groups is 2. The van der Waals surface area contributed by atoms with Crippen molar-refractivity contribution in [1.82, 2.24) is 25.1 Å². The van der Waals surface area contributed by atoms with E-state index in [0.717, 1.165) is 11.0 Å². The number of anilines is 1. The van der Waals surface area contributed by atoms with E-state index in [1.165, 1.54) is 18.5 Å². The number of aromatic amines is 1. The van der Waals surface area contributed by atoms with Gasteiger partial charge in [-0.3, -0.25) is 9.89 Å². The van der Waals surface area contributed by atoms with Gasteiger partial charge in [0, 0.05) is 12.0 Å². The predicted molar refractivity (Wildman–Crippen MR) is 110 cm³/mol. The van der Waals surface area contributed by atoms with Gasteiger partial charge in [-0.25, -0.2) is 23.1 Å². The number of nitrogens with one attached hydrogen (secondary N) is 2. The molecule has 3 heterocycles. The van der Waals surface area contributed by atoms with Crippen molar-refractivity contribution in [3.8, 4) is 0 Å². The number of aliphatic hydroxyl groups excluding tert-OH is 2. The molecule has 1 amide bonds. The second-order valence-corrected chi connectivity index (χ2v) is 8.35. The molecule has 0 radical (unpaired) electrons. The van der Waals surface area contributed by atoms with Gasteiger partial charge in [0.25, 0.3) is 5.91 Å². The molecule has 1 aliphatic heterocycles. The quantitative estimate of drug-likeness (QED) is 0.466. The van der Waals surface area contributed by atoms with Gasteiger partial charge in [0.1, 0.15) is 18.3 Å². The van der Waals surface area contributed by atoms with Gasteiger partial charge in [-0.2, -0.15) is 5.10 Å². The molecule has 2 aromatic heterocycles. The third-order valence-electron chi connectivity index (χ3n) is 6.31. The Balaban J connectivity index is 1.51. The maximum atomic E-state index is 14.4. The normalized spacial score (nSPS) is 27.4. The molecule has 0 spiro atoms. The van der Waals surface area contributed by atoms with Gasteiger partial charge in [-0.1, -0.05) is 12.1 Å². The van der Waals surface area contributed by atoms with Crippen LogP contribution in [0, 0.1) is 11.6 Å². The van der Waals surface area contributed by atoms with Crippen LogP contribution in [0.4, 0.5) is 19.0 Å². The number of amides is 1. The van der Waals surface area contributed by atoms with Crippen LogP contribution in [0.2, 0.25) is 0 Å². The molecule has 3 aromatic rings. The highest BCUT2D eigenvalue weighted by molar-refractivity contribution is 6.07. The third kappa shape index (κ3) is 3.68. The molecular formula is C21H21F3N6O3. The SMILES string of the molecule is O=C(c1n[nH]c2ncnc(N[C@@H]3CC[C@@H](O)[C@H]3O)c12)N1C[C@@H](F)C[C@@H]1c1cccc(F)c1F. The lowest BCUT2D eigenvalue weighted by Gasteiger charge is -2.24. The van der Waals surface area contributed by atoms with E-state index in [1.54, 1.807) is 0 Å². The Morgan fingerprint density at radius 1 is 1.21 bits per heavy atom. The number of fused-ring (bicyclic) bond motifs is 1. The molecule has 5 rings (SSSR count). The van der Waals surface area contributed by atoms with E-state index in [1.807, 2.05) is 0 Å². The summed E-state index contributed by atoms with van der Waals surface area (Å²) in [6.07, 6.45) is -1.38. The average Bonchev–Trinajstić information content (AvgIpc) is 3.49. The van der Waals surface area contributed by atoms with Crippen molar-refractivity contribution in [3.63, 3.8) is 0 Å². The van der Waals surface area contributed by atoms with Crippen LogP contribution in [0.5, 0.6) is 0 Å². The van der Waals surface area contributed by atoms with E-state index in [0.29, 0.717) is 12.8 Å². The lowest BCUT2D eigenvalue weighted by atomic mass is 10.0. The summed E-state index contributed by atoms with van der Waals surface area (Å²) in [4.78, 5) is 22.8. The average molecular weight is 462 g/mol. The largest absolute Gasteiger partial charge is 0.390 e. The number of nitrogens with zero attached hydrogens (tertiary/aromatic N) is 4. The van der Waals surface area contributed by atoms with Gasteiger partial charge in [-0.15, -0.1) is 0 Å². The van der Waals surface area contributed by atoms with E-state index < -0.39 is 48.0 Å². The van der Waals surface area contributed by atoms with E-state index >= 15 is 0 Å². The summed E-state index contributed by atoms with van der Waals surface area (Å²) in [5, 5.41) is 29.9. The zero-order chi connectivity index (χ0) is 23.3. The van der Waals surface area contributed by atoms with Crippen LogP contribution in [0.15, 0.2) is 24.5 Å². The molecular weight excluding hydrogens is 441 g/mol. The van der Waals surface area contributed by atoms with Gasteiger partial charge >= 0.3 is 0 Å². The Morgan fingerprint density at radius 3 is 2.79 bits per heavy atom. The number of halogens is 3. The fourth-order valence-electron chi connectivity index (χ4n) is 4.63. The van der Waals surface area contributed by atoms with Crippen molar-refractivity contribution >= 4 is 22.8 Å². The van der Waals surface area contributed by atoms with Gasteiger partial charge in [0.15, 0.2) is 23.0 Å². The minimum Gasteiger partial charge on any atom is -0.390 e. The molecule has 4 N–H and O–H groups in total. The zero-order valence-electron chi connectivity index (χ0n) is 17.3. The van der Waals surface area contributed by atoms with Gasteiger partial charge in [0.2, 0.25) is 0 Å². The number of likely N-dealkylation sites (tertiary alicyclic amines) is 1. The molecule has 9 nitrogen and oxygen atoms in total. The molecule has 1 saturated heterocycles. The summed E-state index contributed by atoms with van der Waals surface area (Å²) >= 11 is 0. The third-order valence-corrected chi connectivity index (χ3v) is 6.31. The highest BCUT2D eigenvalue weighted by atomic mass is 19.2. The molecule has 12 heteroatoms. The van der Waals surface area contributed by atoms with E-state index in [9.17, 15) is 28.2 Å². The van der Waals surface area contributed by atoms with E-state index in [4.69, 9.17) is 0 Å². The van der Waals surface area contributed by atoms with Crippen LogP contribution in [0.25, 0.3) is 11.0 Å². The summed E-state index contributed by atoms with van der Waals surface area (Å²) in [5.74, 6) is -2.69. The maximum Gasteiger partial charge on any atom is 0.275 e.